The Balaban J connectivity index is 1.24. The second-order valence-electron chi connectivity index (χ2n) is 14.8. The number of hydrogen-bond donors (Lipinski definition) is 0. The van der Waals surface area contributed by atoms with E-state index in [4.69, 9.17) is 0 Å². The van der Waals surface area contributed by atoms with Crippen molar-refractivity contribution in [3.63, 3.8) is 0 Å². The summed E-state index contributed by atoms with van der Waals surface area (Å²) in [5, 5.41) is 12.6. The average molecular weight is 760 g/mol. The highest BCUT2D eigenvalue weighted by Crippen LogP contribution is 2.53. The third-order valence-corrected chi connectivity index (χ3v) is 14.0. The highest BCUT2D eigenvalue weighted by Gasteiger charge is 2.27. The molecule has 0 saturated carbocycles. The molecular formula is C54H33NS2. The third-order valence-electron chi connectivity index (χ3n) is 11.6. The van der Waals surface area contributed by atoms with Crippen LogP contribution in [0.2, 0.25) is 0 Å². The molecular weight excluding hydrogens is 727 g/mol. The normalized spacial score (nSPS) is 11.9. The molecule has 3 heteroatoms. The van der Waals surface area contributed by atoms with Crippen LogP contribution < -0.4 is 4.90 Å². The van der Waals surface area contributed by atoms with Gasteiger partial charge in [0.25, 0.3) is 0 Å². The molecule has 12 rings (SSSR count). The predicted octanol–water partition coefficient (Wildman–Crippen LogP) is 16.7. The lowest BCUT2D eigenvalue weighted by molar-refractivity contribution is 1.32. The Morgan fingerprint density at radius 1 is 0.351 bits per heavy atom. The van der Waals surface area contributed by atoms with E-state index in [2.05, 4.69) is 205 Å². The largest absolute Gasteiger partial charge is 0.308 e. The zero-order valence-electron chi connectivity index (χ0n) is 30.8. The van der Waals surface area contributed by atoms with Crippen molar-refractivity contribution in [2.24, 2.45) is 0 Å². The molecule has 0 aliphatic rings. The number of anilines is 3. The second kappa shape index (κ2) is 12.9. The Hall–Kier alpha value is -6.78. The summed E-state index contributed by atoms with van der Waals surface area (Å²) in [4.78, 5) is 2.58. The first-order valence-corrected chi connectivity index (χ1v) is 21.1. The molecule has 0 spiro atoms. The van der Waals surface area contributed by atoms with Gasteiger partial charge in [-0.15, -0.1) is 22.7 Å². The van der Waals surface area contributed by atoms with Crippen molar-refractivity contribution in [3.05, 3.63) is 200 Å². The maximum absolute atomic E-state index is 2.58. The van der Waals surface area contributed by atoms with Crippen LogP contribution in [0.3, 0.4) is 0 Å². The molecule has 2 heterocycles. The first kappa shape index (κ1) is 32.5. The molecule has 0 amide bonds. The van der Waals surface area contributed by atoms with Gasteiger partial charge in [0.05, 0.1) is 16.1 Å². The number of fused-ring (bicyclic) bond motifs is 10. The number of nitrogens with zero attached hydrogens (tertiary/aromatic N) is 1. The first-order chi connectivity index (χ1) is 28.3. The van der Waals surface area contributed by atoms with Crippen LogP contribution >= 0.6 is 22.7 Å². The van der Waals surface area contributed by atoms with Gasteiger partial charge in [0.2, 0.25) is 0 Å². The van der Waals surface area contributed by atoms with Crippen molar-refractivity contribution in [2.75, 3.05) is 4.90 Å². The lowest BCUT2D eigenvalue weighted by Crippen LogP contribution is -2.13. The fourth-order valence-electron chi connectivity index (χ4n) is 9.20. The van der Waals surface area contributed by atoms with Gasteiger partial charge in [-0.3, -0.25) is 0 Å². The Morgan fingerprint density at radius 2 is 0.912 bits per heavy atom. The number of benzene rings is 10. The predicted molar refractivity (Wildman–Crippen MR) is 250 cm³/mol. The number of hydrogen-bond acceptors (Lipinski definition) is 3. The molecule has 0 aliphatic heterocycles. The minimum atomic E-state index is 1.12. The van der Waals surface area contributed by atoms with E-state index in [1.165, 1.54) is 106 Å². The van der Waals surface area contributed by atoms with Gasteiger partial charge in [-0.25, -0.2) is 0 Å². The quantitative estimate of drug-likeness (QED) is 0.158. The summed E-state index contributed by atoms with van der Waals surface area (Å²) in [6.45, 7) is 0. The molecule has 10 aromatic carbocycles. The zero-order chi connectivity index (χ0) is 37.5. The highest BCUT2D eigenvalue weighted by molar-refractivity contribution is 7.26. The molecule has 0 aliphatic carbocycles. The molecule has 0 saturated heterocycles. The number of thiophene rings is 2. The van der Waals surface area contributed by atoms with Gasteiger partial charge in [-0.05, 0) is 80.0 Å². The maximum atomic E-state index is 2.58. The Morgan fingerprint density at radius 3 is 1.75 bits per heavy atom. The van der Waals surface area contributed by atoms with Crippen LogP contribution in [0.25, 0.3) is 94.9 Å². The van der Waals surface area contributed by atoms with Gasteiger partial charge < -0.3 is 4.90 Å². The van der Waals surface area contributed by atoms with Crippen LogP contribution in [0, 0.1) is 0 Å². The standard InChI is InChI=1S/C54H33NS2/c1-2-19-37-34(15-1)16-12-27-42(37)52-43-23-5-3-20-39(43)40-21-4-6-24-44(40)53(52)55(47-29-13-28-45-41-22-7-9-30-48(41)57-54(45)47)36-18-11-17-35(33-36)38-26-14-32-50-51(38)46-25-8-10-31-49(46)56-50/h1-33H. The summed E-state index contributed by atoms with van der Waals surface area (Å²) in [6, 6.07) is 74.1. The van der Waals surface area contributed by atoms with Crippen molar-refractivity contribution in [1.82, 2.24) is 0 Å². The molecule has 0 fully saturated rings. The minimum absolute atomic E-state index is 1.12. The summed E-state index contributed by atoms with van der Waals surface area (Å²) in [6.07, 6.45) is 0. The van der Waals surface area contributed by atoms with Crippen LogP contribution in [0.4, 0.5) is 17.1 Å². The molecule has 1 nitrogen and oxygen atoms in total. The van der Waals surface area contributed by atoms with E-state index in [9.17, 15) is 0 Å². The monoisotopic (exact) mass is 759 g/mol. The molecule has 12 aromatic rings. The van der Waals surface area contributed by atoms with E-state index in [1.54, 1.807) is 0 Å². The first-order valence-electron chi connectivity index (χ1n) is 19.4. The lowest BCUT2D eigenvalue weighted by Gasteiger charge is -2.31. The smallest absolute Gasteiger partial charge is 0.0640 e. The van der Waals surface area contributed by atoms with Gasteiger partial charge in [0.15, 0.2) is 0 Å². The van der Waals surface area contributed by atoms with E-state index in [-0.39, 0.29) is 0 Å². The SMILES string of the molecule is c1cc(-c2cccc3sc4ccccc4c23)cc(N(c2c(-c3cccc4ccccc34)c3ccccc3c3ccccc23)c2cccc3c2sc2ccccc23)c1. The van der Waals surface area contributed by atoms with Crippen LogP contribution in [0.1, 0.15) is 0 Å². The van der Waals surface area contributed by atoms with E-state index in [0.717, 1.165) is 5.69 Å². The van der Waals surface area contributed by atoms with Gasteiger partial charge >= 0.3 is 0 Å². The summed E-state index contributed by atoms with van der Waals surface area (Å²) in [5.41, 5.74) is 8.39. The van der Waals surface area contributed by atoms with Gasteiger partial charge in [0.1, 0.15) is 0 Å². The van der Waals surface area contributed by atoms with Crippen LogP contribution in [0.5, 0.6) is 0 Å². The molecule has 266 valence electrons. The van der Waals surface area contributed by atoms with Crippen molar-refractivity contribution in [2.45, 2.75) is 0 Å². The number of rotatable bonds is 5. The van der Waals surface area contributed by atoms with Crippen LogP contribution in [0.15, 0.2) is 200 Å². The maximum Gasteiger partial charge on any atom is 0.0640 e. The third kappa shape index (κ3) is 5.00. The fourth-order valence-corrected chi connectivity index (χ4v) is 11.5. The van der Waals surface area contributed by atoms with E-state index in [1.807, 2.05) is 22.7 Å². The van der Waals surface area contributed by atoms with Crippen LogP contribution in [-0.4, -0.2) is 0 Å². The molecule has 0 radical (unpaired) electrons. The Bertz CT molecular complexity index is 3550. The molecule has 0 N–H and O–H groups in total. The van der Waals surface area contributed by atoms with Crippen molar-refractivity contribution >= 4 is 112 Å². The lowest BCUT2D eigenvalue weighted by atomic mass is 9.88. The van der Waals surface area contributed by atoms with Gasteiger partial charge in [-0.2, -0.15) is 0 Å². The molecule has 57 heavy (non-hydrogen) atoms. The van der Waals surface area contributed by atoms with Gasteiger partial charge in [-0.1, -0.05) is 164 Å². The van der Waals surface area contributed by atoms with Crippen molar-refractivity contribution < 1.29 is 0 Å². The zero-order valence-corrected chi connectivity index (χ0v) is 32.4. The Labute approximate surface area is 337 Å². The van der Waals surface area contributed by atoms with Crippen molar-refractivity contribution in [3.8, 4) is 22.3 Å². The summed E-state index contributed by atoms with van der Waals surface area (Å²) < 4.78 is 5.19. The second-order valence-corrected chi connectivity index (χ2v) is 16.9. The van der Waals surface area contributed by atoms with E-state index < -0.39 is 0 Å². The average Bonchev–Trinajstić information content (AvgIpc) is 3.86. The van der Waals surface area contributed by atoms with E-state index in [0.29, 0.717) is 0 Å². The minimum Gasteiger partial charge on any atom is -0.308 e. The topological polar surface area (TPSA) is 3.24 Å². The summed E-state index contributed by atoms with van der Waals surface area (Å²) in [5.74, 6) is 0. The summed E-state index contributed by atoms with van der Waals surface area (Å²) in [7, 11) is 0. The highest BCUT2D eigenvalue weighted by atomic mass is 32.1. The van der Waals surface area contributed by atoms with Crippen LogP contribution in [-0.2, 0) is 0 Å². The molecule has 0 unspecified atom stereocenters. The molecule has 0 atom stereocenters. The fraction of sp³-hybridized carbons (Fsp3) is 0. The summed E-state index contributed by atoms with van der Waals surface area (Å²) >= 11 is 3.76. The van der Waals surface area contributed by atoms with Crippen molar-refractivity contribution in [1.29, 1.82) is 0 Å². The van der Waals surface area contributed by atoms with E-state index >= 15 is 0 Å². The molecule has 2 aromatic heterocycles. The van der Waals surface area contributed by atoms with Gasteiger partial charge in [0, 0.05) is 52.3 Å². The Kier molecular flexibility index (Phi) is 7.34. The molecule has 0 bridgehead atoms.